The Morgan fingerprint density at radius 3 is 2.39 bits per heavy atom. The maximum absolute atomic E-state index is 15.4. The molecule has 1 aliphatic carbocycles. The van der Waals surface area contributed by atoms with E-state index >= 15 is 4.39 Å². The monoisotopic (exact) mass is 911 g/mol. The molecule has 2 aromatic carbocycles. The molecule has 9 N–H and O–H groups in total. The molecule has 0 saturated carbocycles. The summed E-state index contributed by atoms with van der Waals surface area (Å²) in [6.07, 6.45) is 0.681. The number of nitrogens with two attached hydrogens (primary N) is 1. The Bertz CT molecular complexity index is 2710. The largest absolute Gasteiger partial charge is 0.480 e. The summed E-state index contributed by atoms with van der Waals surface area (Å²) < 4.78 is 22.1. The van der Waals surface area contributed by atoms with Crippen molar-refractivity contribution >= 4 is 52.4 Å². The van der Waals surface area contributed by atoms with Gasteiger partial charge in [-0.1, -0.05) is 37.3 Å². The Kier molecular flexibility index (Phi) is 13.9. The van der Waals surface area contributed by atoms with Crippen molar-refractivity contribution in [3.8, 4) is 11.4 Å². The van der Waals surface area contributed by atoms with Crippen LogP contribution in [0.2, 0.25) is 0 Å². The first-order valence-electron chi connectivity index (χ1n) is 21.4. The lowest BCUT2D eigenvalue weighted by molar-refractivity contribution is -0.172. The molecule has 0 spiro atoms. The Hall–Kier alpha value is -7.10. The van der Waals surface area contributed by atoms with E-state index in [0.717, 1.165) is 0 Å². The lowest BCUT2D eigenvalue weighted by Gasteiger charge is -2.31. The van der Waals surface area contributed by atoms with Crippen LogP contribution in [0.25, 0.3) is 22.3 Å². The smallest absolute Gasteiger partial charge is 0.343 e. The average Bonchev–Trinajstić information content (AvgIpc) is 3.66. The summed E-state index contributed by atoms with van der Waals surface area (Å²) >= 11 is 0. The van der Waals surface area contributed by atoms with E-state index in [1.165, 1.54) is 15.5 Å². The van der Waals surface area contributed by atoms with Gasteiger partial charge in [-0.2, -0.15) is 0 Å². The van der Waals surface area contributed by atoms with E-state index in [1.54, 1.807) is 50.2 Å². The number of carbonyl (C=O) groups is 7. The summed E-state index contributed by atoms with van der Waals surface area (Å²) in [6, 6.07) is 9.76. The molecule has 4 aromatic rings. The molecule has 21 heteroatoms. The maximum atomic E-state index is 15.4. The number of pyridine rings is 2. The summed E-state index contributed by atoms with van der Waals surface area (Å²) in [4.78, 5) is 109. The normalized spacial score (nSPS) is 17.2. The average molecular weight is 912 g/mol. The number of aliphatic hydroxyl groups is 1. The number of hydrogen-bond donors (Lipinski definition) is 8. The van der Waals surface area contributed by atoms with Crippen LogP contribution >= 0.6 is 0 Å². The highest BCUT2D eigenvalue weighted by Crippen LogP contribution is 2.46. The molecule has 3 atom stereocenters. The third-order valence-corrected chi connectivity index (χ3v) is 12.1. The van der Waals surface area contributed by atoms with Crippen molar-refractivity contribution in [1.82, 2.24) is 41.0 Å². The minimum Gasteiger partial charge on any atom is -0.480 e. The maximum Gasteiger partial charge on any atom is 0.343 e. The Labute approximate surface area is 376 Å². The third kappa shape index (κ3) is 9.63. The molecule has 66 heavy (non-hydrogen) atoms. The highest BCUT2D eigenvalue weighted by molar-refractivity contribution is 5.95. The lowest BCUT2D eigenvalue weighted by Crippen LogP contribution is -2.52. The zero-order chi connectivity index (χ0) is 47.4. The summed E-state index contributed by atoms with van der Waals surface area (Å²) in [7, 11) is 0. The molecule has 0 saturated heterocycles. The van der Waals surface area contributed by atoms with Crippen LogP contribution in [-0.4, -0.2) is 118 Å². The molecule has 0 radical (unpaired) electrons. The number of cyclic esters (lactones) is 1. The van der Waals surface area contributed by atoms with Crippen molar-refractivity contribution in [2.45, 2.75) is 70.4 Å². The highest BCUT2D eigenvalue weighted by Gasteiger charge is 2.46. The number of halogens is 1. The molecule has 0 fully saturated rings. The number of amides is 5. The number of benzene rings is 2. The SMILES string of the molecule is CC[C@@]1(O)C(=O)OCc2c1cc1n(c2=O)Cc2c-1nc1cc(F)c(C)c3c1c2[C@@H](NC(=O)CNC(=O)[C@H](Cc1ccccc1)NC(=O)CNC(=O)CNC(=O)CN(CCN)CC(=O)O)CC3. The second-order valence-corrected chi connectivity index (χ2v) is 16.4. The Morgan fingerprint density at radius 1 is 0.970 bits per heavy atom. The van der Waals surface area contributed by atoms with E-state index < -0.39 is 96.7 Å². The number of carboxylic acids is 1. The number of aryl methyl sites for hydroxylation is 1. The molecule has 0 bridgehead atoms. The first kappa shape index (κ1) is 46.9. The van der Waals surface area contributed by atoms with Crippen LogP contribution in [0.5, 0.6) is 0 Å². The van der Waals surface area contributed by atoms with Crippen LogP contribution in [0.1, 0.15) is 64.8 Å². The van der Waals surface area contributed by atoms with Crippen LogP contribution in [0.4, 0.5) is 4.39 Å². The number of carboxylic acid groups (broad SMARTS) is 1. The van der Waals surface area contributed by atoms with Crippen LogP contribution in [0.15, 0.2) is 47.3 Å². The zero-order valence-corrected chi connectivity index (χ0v) is 36.3. The standard InChI is InChI=1S/C45H50FN9O11/c1-3-45(65)28-14-33-41-26(19-55(33)43(63)27(28)22-66-44(45)64)40-30(10-9-25-23(2)29(46)15-31(53-41)39(25)40)51-36(58)18-50-42(62)32(13-24-7-5-4-6-8-24)52-35(57)17-48-34(56)16-49-37(59)20-54(12-11-47)21-38(60)61/h4-8,14-15,30,32,65H,3,9-13,16-22,47H2,1-2H3,(H,48,56)(H,49,59)(H,50,62)(H,51,58)(H,52,57)(H,60,61)/t30-,32-,45-/m0/s1. The molecule has 4 heterocycles. The van der Waals surface area contributed by atoms with Gasteiger partial charge >= 0.3 is 11.9 Å². The molecule has 3 aliphatic rings. The van der Waals surface area contributed by atoms with Gasteiger partial charge in [0.25, 0.3) is 5.56 Å². The summed E-state index contributed by atoms with van der Waals surface area (Å²) in [5.41, 5.74) is 7.16. The van der Waals surface area contributed by atoms with Crippen molar-refractivity contribution in [2.75, 3.05) is 45.8 Å². The summed E-state index contributed by atoms with van der Waals surface area (Å²) in [6.45, 7) is 0.897. The number of nitrogens with zero attached hydrogens (tertiary/aromatic N) is 3. The number of rotatable bonds is 18. The van der Waals surface area contributed by atoms with E-state index in [4.69, 9.17) is 20.6 Å². The number of esters is 1. The van der Waals surface area contributed by atoms with Gasteiger partial charge in [0.2, 0.25) is 29.5 Å². The number of ether oxygens (including phenoxy) is 1. The van der Waals surface area contributed by atoms with Gasteiger partial charge in [0.05, 0.1) is 67.8 Å². The summed E-state index contributed by atoms with van der Waals surface area (Å²) in [5.74, 6) is -5.90. The quantitative estimate of drug-likeness (QED) is 0.0493. The van der Waals surface area contributed by atoms with E-state index in [-0.39, 0.29) is 56.8 Å². The topological polar surface area (TPSA) is 293 Å². The van der Waals surface area contributed by atoms with Gasteiger partial charge in [-0.05, 0) is 54.5 Å². The number of fused-ring (bicyclic) bond motifs is 5. The van der Waals surface area contributed by atoms with Crippen LogP contribution in [0.3, 0.4) is 0 Å². The van der Waals surface area contributed by atoms with Gasteiger partial charge in [0.15, 0.2) is 5.60 Å². The number of aliphatic carboxylic acids is 1. The Morgan fingerprint density at radius 2 is 1.68 bits per heavy atom. The number of hydrogen-bond acceptors (Lipinski definition) is 13. The van der Waals surface area contributed by atoms with Gasteiger partial charge in [-0.15, -0.1) is 0 Å². The van der Waals surface area contributed by atoms with E-state index in [9.17, 15) is 43.5 Å². The van der Waals surface area contributed by atoms with E-state index in [0.29, 0.717) is 62.9 Å². The summed E-state index contributed by atoms with van der Waals surface area (Å²) in [5, 5.41) is 33.9. The van der Waals surface area contributed by atoms with Crippen molar-refractivity contribution < 1.29 is 52.9 Å². The molecule has 2 aromatic heterocycles. The van der Waals surface area contributed by atoms with Gasteiger partial charge in [-0.3, -0.25) is 38.5 Å². The fraction of sp³-hybridized carbons (Fsp3) is 0.400. The lowest BCUT2D eigenvalue weighted by atomic mass is 9.81. The first-order chi connectivity index (χ1) is 31.5. The number of aromatic nitrogens is 2. The van der Waals surface area contributed by atoms with Crippen LogP contribution in [0, 0.1) is 12.7 Å². The molecule has 2 aliphatic heterocycles. The van der Waals surface area contributed by atoms with Gasteiger partial charge in [0, 0.05) is 42.1 Å². The number of carbonyl (C=O) groups excluding carboxylic acids is 6. The minimum absolute atomic E-state index is 0.0232. The van der Waals surface area contributed by atoms with Crippen LogP contribution in [-0.2, 0) is 69.9 Å². The zero-order valence-electron chi connectivity index (χ0n) is 36.3. The van der Waals surface area contributed by atoms with Gasteiger partial charge in [-0.25, -0.2) is 14.2 Å². The molecule has 348 valence electrons. The van der Waals surface area contributed by atoms with Gasteiger partial charge < -0.3 is 51.8 Å². The Balaban J connectivity index is 1.04. The first-order valence-corrected chi connectivity index (χ1v) is 21.4. The van der Waals surface area contributed by atoms with Crippen molar-refractivity contribution in [3.05, 3.63) is 97.6 Å². The molecule has 20 nitrogen and oxygen atoms in total. The van der Waals surface area contributed by atoms with Gasteiger partial charge in [0.1, 0.15) is 18.5 Å². The molecule has 0 unspecified atom stereocenters. The van der Waals surface area contributed by atoms with E-state index in [2.05, 4.69) is 26.6 Å². The molecule has 5 amide bonds. The fourth-order valence-electron chi connectivity index (χ4n) is 8.81. The van der Waals surface area contributed by atoms with E-state index in [1.807, 2.05) is 0 Å². The predicted molar refractivity (Wildman–Crippen MR) is 233 cm³/mol. The highest BCUT2D eigenvalue weighted by atomic mass is 19.1. The minimum atomic E-state index is -2.06. The van der Waals surface area contributed by atoms with Crippen molar-refractivity contribution in [1.29, 1.82) is 0 Å². The second kappa shape index (κ2) is 19.6. The third-order valence-electron chi connectivity index (χ3n) is 12.1. The molecular weight excluding hydrogens is 862 g/mol. The number of nitrogens with one attached hydrogen (secondary N) is 5. The van der Waals surface area contributed by atoms with Crippen molar-refractivity contribution in [2.24, 2.45) is 5.73 Å². The fourth-order valence-corrected chi connectivity index (χ4v) is 8.81. The van der Waals surface area contributed by atoms with Crippen molar-refractivity contribution in [3.63, 3.8) is 0 Å². The predicted octanol–water partition coefficient (Wildman–Crippen LogP) is -0.948. The second-order valence-electron chi connectivity index (χ2n) is 16.4. The molecular formula is C45H50FN9O11. The molecule has 7 rings (SSSR count). The van der Waals surface area contributed by atoms with Crippen LogP contribution < -0.4 is 37.9 Å².